The molecule has 1 N–H and O–H groups in total. The summed E-state index contributed by atoms with van der Waals surface area (Å²) in [6, 6.07) is 6.70. The van der Waals surface area contributed by atoms with Crippen molar-refractivity contribution in [3.8, 4) is 0 Å². The Kier molecular flexibility index (Phi) is 5.97. The molecule has 0 atom stereocenters. The summed E-state index contributed by atoms with van der Waals surface area (Å²) in [7, 11) is 0. The Morgan fingerprint density at radius 2 is 2.07 bits per heavy atom. The lowest BCUT2D eigenvalue weighted by atomic mass is 10.2. The monoisotopic (exact) mass is 211 g/mol. The van der Waals surface area contributed by atoms with Gasteiger partial charge in [-0.25, -0.2) is 4.39 Å². The quantitative estimate of drug-likeness (QED) is 0.699. The first kappa shape index (κ1) is 12.1. The SMILES string of the molecule is CCCNCCOCc1ccccc1F. The molecular formula is C12H18FNO. The predicted octanol–water partition coefficient (Wildman–Crippen LogP) is 2.34. The van der Waals surface area contributed by atoms with Crippen molar-refractivity contribution < 1.29 is 9.13 Å². The van der Waals surface area contributed by atoms with Gasteiger partial charge in [-0.2, -0.15) is 0 Å². The normalized spacial score (nSPS) is 10.5. The molecule has 0 aliphatic heterocycles. The number of benzene rings is 1. The van der Waals surface area contributed by atoms with Gasteiger partial charge in [0.2, 0.25) is 0 Å². The fourth-order valence-corrected chi connectivity index (χ4v) is 1.24. The lowest BCUT2D eigenvalue weighted by molar-refractivity contribution is 0.120. The smallest absolute Gasteiger partial charge is 0.128 e. The minimum absolute atomic E-state index is 0.195. The van der Waals surface area contributed by atoms with Gasteiger partial charge in [0.15, 0.2) is 0 Å². The Bertz CT molecular complexity index is 278. The first-order chi connectivity index (χ1) is 7.34. The van der Waals surface area contributed by atoms with Crippen molar-refractivity contribution >= 4 is 0 Å². The summed E-state index contributed by atoms with van der Waals surface area (Å²) in [6.45, 7) is 4.91. The van der Waals surface area contributed by atoms with Crippen molar-refractivity contribution in [2.24, 2.45) is 0 Å². The fraction of sp³-hybridized carbons (Fsp3) is 0.500. The third kappa shape index (κ3) is 4.91. The van der Waals surface area contributed by atoms with Crippen LogP contribution in [-0.4, -0.2) is 19.7 Å². The van der Waals surface area contributed by atoms with E-state index in [4.69, 9.17) is 4.74 Å². The number of nitrogens with one attached hydrogen (secondary N) is 1. The Labute approximate surface area is 90.4 Å². The number of halogens is 1. The van der Waals surface area contributed by atoms with Gasteiger partial charge in [-0.15, -0.1) is 0 Å². The second-order valence-corrected chi connectivity index (χ2v) is 3.39. The summed E-state index contributed by atoms with van der Waals surface area (Å²) in [6.07, 6.45) is 1.12. The molecule has 1 rings (SSSR count). The molecule has 2 nitrogen and oxygen atoms in total. The van der Waals surface area contributed by atoms with Gasteiger partial charge in [-0.1, -0.05) is 25.1 Å². The van der Waals surface area contributed by atoms with Crippen LogP contribution in [-0.2, 0) is 11.3 Å². The maximum absolute atomic E-state index is 13.1. The first-order valence-electron chi connectivity index (χ1n) is 5.36. The van der Waals surface area contributed by atoms with Crippen molar-refractivity contribution in [1.82, 2.24) is 5.32 Å². The lowest BCUT2D eigenvalue weighted by Crippen LogP contribution is -2.20. The largest absolute Gasteiger partial charge is 0.375 e. The van der Waals surface area contributed by atoms with E-state index in [1.165, 1.54) is 6.07 Å². The molecule has 0 spiro atoms. The number of ether oxygens (including phenoxy) is 1. The van der Waals surface area contributed by atoms with Crippen LogP contribution in [0.25, 0.3) is 0 Å². The van der Waals surface area contributed by atoms with E-state index < -0.39 is 0 Å². The molecule has 0 fully saturated rings. The summed E-state index contributed by atoms with van der Waals surface area (Å²) in [5.41, 5.74) is 0.619. The van der Waals surface area contributed by atoms with Crippen LogP contribution in [0.4, 0.5) is 4.39 Å². The molecule has 0 radical (unpaired) electrons. The molecule has 15 heavy (non-hydrogen) atoms. The zero-order chi connectivity index (χ0) is 10.9. The summed E-state index contributed by atoms with van der Waals surface area (Å²) in [5, 5.41) is 3.22. The average Bonchev–Trinajstić information content (AvgIpc) is 2.25. The van der Waals surface area contributed by atoms with Crippen LogP contribution in [0.3, 0.4) is 0 Å². The van der Waals surface area contributed by atoms with E-state index in [-0.39, 0.29) is 5.82 Å². The zero-order valence-corrected chi connectivity index (χ0v) is 9.13. The van der Waals surface area contributed by atoms with Crippen LogP contribution in [0.15, 0.2) is 24.3 Å². The highest BCUT2D eigenvalue weighted by atomic mass is 19.1. The first-order valence-corrected chi connectivity index (χ1v) is 5.36. The summed E-state index contributed by atoms with van der Waals surface area (Å²) in [4.78, 5) is 0. The maximum atomic E-state index is 13.1. The highest BCUT2D eigenvalue weighted by molar-refractivity contribution is 5.16. The van der Waals surface area contributed by atoms with Crippen molar-refractivity contribution in [2.75, 3.05) is 19.7 Å². The second-order valence-electron chi connectivity index (χ2n) is 3.39. The molecule has 0 aliphatic rings. The van der Waals surface area contributed by atoms with Gasteiger partial charge in [0.25, 0.3) is 0 Å². The highest BCUT2D eigenvalue weighted by Gasteiger charge is 1.99. The van der Waals surface area contributed by atoms with E-state index in [1.807, 2.05) is 6.07 Å². The van der Waals surface area contributed by atoms with E-state index in [2.05, 4.69) is 12.2 Å². The third-order valence-electron chi connectivity index (χ3n) is 2.07. The van der Waals surface area contributed by atoms with Crippen LogP contribution in [0.2, 0.25) is 0 Å². The van der Waals surface area contributed by atoms with E-state index in [0.29, 0.717) is 18.8 Å². The molecule has 1 aromatic carbocycles. The zero-order valence-electron chi connectivity index (χ0n) is 9.13. The highest BCUT2D eigenvalue weighted by Crippen LogP contribution is 2.06. The van der Waals surface area contributed by atoms with E-state index in [0.717, 1.165) is 19.5 Å². The molecule has 0 aliphatic carbocycles. The summed E-state index contributed by atoms with van der Waals surface area (Å²) < 4.78 is 18.5. The Hall–Kier alpha value is -0.930. The molecule has 0 aromatic heterocycles. The van der Waals surface area contributed by atoms with E-state index >= 15 is 0 Å². The van der Waals surface area contributed by atoms with Crippen LogP contribution in [0, 0.1) is 5.82 Å². The number of hydrogen-bond acceptors (Lipinski definition) is 2. The van der Waals surface area contributed by atoms with Crippen molar-refractivity contribution in [2.45, 2.75) is 20.0 Å². The van der Waals surface area contributed by atoms with Crippen LogP contribution in [0.1, 0.15) is 18.9 Å². The minimum atomic E-state index is -0.195. The minimum Gasteiger partial charge on any atom is -0.375 e. The average molecular weight is 211 g/mol. The lowest BCUT2D eigenvalue weighted by Gasteiger charge is -2.05. The van der Waals surface area contributed by atoms with Crippen LogP contribution < -0.4 is 5.32 Å². The second kappa shape index (κ2) is 7.37. The Morgan fingerprint density at radius 1 is 1.27 bits per heavy atom. The fourth-order valence-electron chi connectivity index (χ4n) is 1.24. The van der Waals surface area contributed by atoms with E-state index in [1.54, 1.807) is 12.1 Å². The summed E-state index contributed by atoms with van der Waals surface area (Å²) >= 11 is 0. The Morgan fingerprint density at radius 3 is 2.80 bits per heavy atom. The maximum Gasteiger partial charge on any atom is 0.128 e. The van der Waals surface area contributed by atoms with Crippen molar-refractivity contribution in [3.63, 3.8) is 0 Å². The van der Waals surface area contributed by atoms with Gasteiger partial charge in [0, 0.05) is 12.1 Å². The molecule has 0 amide bonds. The molecule has 3 heteroatoms. The topological polar surface area (TPSA) is 21.3 Å². The molecule has 0 unspecified atom stereocenters. The van der Waals surface area contributed by atoms with Gasteiger partial charge >= 0.3 is 0 Å². The molecule has 84 valence electrons. The van der Waals surface area contributed by atoms with Crippen LogP contribution in [0.5, 0.6) is 0 Å². The van der Waals surface area contributed by atoms with Gasteiger partial charge in [0.05, 0.1) is 13.2 Å². The van der Waals surface area contributed by atoms with E-state index in [9.17, 15) is 4.39 Å². The third-order valence-corrected chi connectivity index (χ3v) is 2.07. The molecule has 0 bridgehead atoms. The Balaban J connectivity index is 2.12. The molecule has 1 aromatic rings. The van der Waals surface area contributed by atoms with Gasteiger partial charge in [-0.3, -0.25) is 0 Å². The number of rotatable bonds is 7. The molecular weight excluding hydrogens is 193 g/mol. The van der Waals surface area contributed by atoms with Crippen molar-refractivity contribution in [1.29, 1.82) is 0 Å². The molecule has 0 saturated carbocycles. The van der Waals surface area contributed by atoms with Crippen LogP contribution >= 0.6 is 0 Å². The van der Waals surface area contributed by atoms with Gasteiger partial charge in [-0.05, 0) is 19.0 Å². The standard InChI is InChI=1S/C12H18FNO/c1-2-7-14-8-9-15-10-11-5-3-4-6-12(11)13/h3-6,14H,2,7-10H2,1H3. The van der Waals surface area contributed by atoms with Crippen molar-refractivity contribution in [3.05, 3.63) is 35.6 Å². The molecule has 0 saturated heterocycles. The molecule has 0 heterocycles. The number of hydrogen-bond donors (Lipinski definition) is 1. The predicted molar refractivity (Wildman–Crippen MR) is 59.2 cm³/mol. The van der Waals surface area contributed by atoms with Gasteiger partial charge < -0.3 is 10.1 Å². The van der Waals surface area contributed by atoms with Gasteiger partial charge in [0.1, 0.15) is 5.82 Å². The summed E-state index contributed by atoms with van der Waals surface area (Å²) in [5.74, 6) is -0.195.